The highest BCUT2D eigenvalue weighted by Crippen LogP contribution is 2.31. The van der Waals surface area contributed by atoms with Crippen molar-refractivity contribution in [2.45, 2.75) is 39.2 Å². The number of nitrogens with zero attached hydrogens (tertiary/aromatic N) is 1. The highest BCUT2D eigenvalue weighted by Gasteiger charge is 2.19. The van der Waals surface area contributed by atoms with Gasteiger partial charge in [-0.2, -0.15) is 0 Å². The molecule has 0 radical (unpaired) electrons. The van der Waals surface area contributed by atoms with E-state index in [2.05, 4.69) is 0 Å². The van der Waals surface area contributed by atoms with Crippen LogP contribution >= 0.6 is 0 Å². The van der Waals surface area contributed by atoms with Crippen LogP contribution < -0.4 is 10.5 Å². The second-order valence-corrected chi connectivity index (χ2v) is 4.28. The molecule has 5 heteroatoms. The van der Waals surface area contributed by atoms with Gasteiger partial charge in [0.1, 0.15) is 0 Å². The van der Waals surface area contributed by atoms with Crippen molar-refractivity contribution in [1.82, 2.24) is 0 Å². The zero-order chi connectivity index (χ0) is 13.7. The Hall–Kier alpha value is -1.62. The van der Waals surface area contributed by atoms with E-state index in [0.717, 1.165) is 12.0 Å². The first-order chi connectivity index (χ1) is 8.51. The van der Waals surface area contributed by atoms with Gasteiger partial charge in [-0.1, -0.05) is 19.9 Å². The van der Waals surface area contributed by atoms with Crippen LogP contribution in [0.2, 0.25) is 0 Å². The van der Waals surface area contributed by atoms with Gasteiger partial charge in [-0.05, 0) is 30.9 Å². The van der Waals surface area contributed by atoms with Gasteiger partial charge in [0.05, 0.1) is 11.5 Å². The van der Waals surface area contributed by atoms with Crippen molar-refractivity contribution in [1.29, 1.82) is 0 Å². The molecule has 2 atom stereocenters. The molecule has 0 fully saturated rings. The van der Waals surface area contributed by atoms with Gasteiger partial charge in [-0.25, -0.2) is 0 Å². The van der Waals surface area contributed by atoms with Crippen molar-refractivity contribution in [2.75, 3.05) is 6.61 Å². The van der Waals surface area contributed by atoms with Gasteiger partial charge < -0.3 is 10.5 Å². The summed E-state index contributed by atoms with van der Waals surface area (Å²) in [5.41, 5.74) is 6.96. The molecule has 1 aromatic carbocycles. The number of hydrogen-bond donors (Lipinski definition) is 1. The van der Waals surface area contributed by atoms with Crippen LogP contribution in [0.1, 0.15) is 38.7 Å². The number of ether oxygens (including phenoxy) is 1. The van der Waals surface area contributed by atoms with Crippen LogP contribution in [0.3, 0.4) is 0 Å². The number of hydrogen-bond acceptors (Lipinski definition) is 4. The first-order valence-electron chi connectivity index (χ1n) is 6.17. The second kappa shape index (κ2) is 6.35. The van der Waals surface area contributed by atoms with Crippen LogP contribution in [0, 0.1) is 10.1 Å². The van der Waals surface area contributed by atoms with Crippen molar-refractivity contribution in [3.05, 3.63) is 33.9 Å². The Morgan fingerprint density at radius 1 is 1.44 bits per heavy atom. The third kappa shape index (κ3) is 3.20. The van der Waals surface area contributed by atoms with E-state index >= 15 is 0 Å². The smallest absolute Gasteiger partial charge is 0.310 e. The molecule has 18 heavy (non-hydrogen) atoms. The topological polar surface area (TPSA) is 78.4 Å². The van der Waals surface area contributed by atoms with Gasteiger partial charge in [0.15, 0.2) is 5.75 Å². The average Bonchev–Trinajstić information content (AvgIpc) is 2.37. The van der Waals surface area contributed by atoms with E-state index < -0.39 is 4.92 Å². The first kappa shape index (κ1) is 14.4. The highest BCUT2D eigenvalue weighted by atomic mass is 16.6. The van der Waals surface area contributed by atoms with E-state index in [0.29, 0.717) is 12.4 Å². The fraction of sp³-hybridized carbons (Fsp3) is 0.538. The summed E-state index contributed by atoms with van der Waals surface area (Å²) < 4.78 is 5.32. The lowest BCUT2D eigenvalue weighted by atomic mass is 9.92. The molecule has 5 nitrogen and oxygen atoms in total. The predicted molar refractivity (Wildman–Crippen MR) is 70.9 cm³/mol. The van der Waals surface area contributed by atoms with Crippen molar-refractivity contribution < 1.29 is 9.66 Å². The summed E-state index contributed by atoms with van der Waals surface area (Å²) >= 11 is 0. The normalized spacial score (nSPS) is 14.0. The summed E-state index contributed by atoms with van der Waals surface area (Å²) in [5.74, 6) is 0.463. The zero-order valence-corrected chi connectivity index (χ0v) is 11.1. The van der Waals surface area contributed by atoms with Crippen LogP contribution in [0.4, 0.5) is 5.69 Å². The lowest BCUT2D eigenvalue weighted by molar-refractivity contribution is -0.385. The Labute approximate surface area is 107 Å². The Bertz CT molecular complexity index is 421. The van der Waals surface area contributed by atoms with Gasteiger partial charge >= 0.3 is 5.69 Å². The molecular formula is C13H20N2O3. The number of nitrogens with two attached hydrogens (primary N) is 1. The molecule has 2 N–H and O–H groups in total. The Kier molecular flexibility index (Phi) is 5.09. The number of benzene rings is 1. The standard InChI is InChI=1S/C13H20N2O3/c1-4-11(14)9(3)10-6-7-12(15(16)17)13(8-10)18-5-2/h6-9,11H,4-5,14H2,1-3H3. The molecule has 0 aliphatic heterocycles. The lowest BCUT2D eigenvalue weighted by Crippen LogP contribution is -2.25. The summed E-state index contributed by atoms with van der Waals surface area (Å²) in [6, 6.07) is 5.00. The Morgan fingerprint density at radius 2 is 2.11 bits per heavy atom. The second-order valence-electron chi connectivity index (χ2n) is 4.28. The van der Waals surface area contributed by atoms with E-state index in [1.54, 1.807) is 19.1 Å². The van der Waals surface area contributed by atoms with Crippen LogP contribution in [0.5, 0.6) is 5.75 Å². The molecule has 0 bridgehead atoms. The lowest BCUT2D eigenvalue weighted by Gasteiger charge is -2.19. The summed E-state index contributed by atoms with van der Waals surface area (Å²) in [6.45, 7) is 6.25. The van der Waals surface area contributed by atoms with E-state index in [-0.39, 0.29) is 17.6 Å². The molecule has 0 aliphatic rings. The SMILES string of the molecule is CCOc1cc(C(C)C(N)CC)ccc1[N+](=O)[O-]. The molecule has 1 aromatic rings. The van der Waals surface area contributed by atoms with Gasteiger partial charge in [-0.3, -0.25) is 10.1 Å². The minimum absolute atomic E-state index is 0.00197. The molecule has 0 saturated carbocycles. The van der Waals surface area contributed by atoms with Crippen molar-refractivity contribution >= 4 is 5.69 Å². The Morgan fingerprint density at radius 3 is 2.61 bits per heavy atom. The summed E-state index contributed by atoms with van der Waals surface area (Å²) in [5, 5.41) is 10.9. The van der Waals surface area contributed by atoms with Crippen LogP contribution in [-0.4, -0.2) is 17.6 Å². The van der Waals surface area contributed by atoms with Crippen LogP contribution in [-0.2, 0) is 0 Å². The number of nitro benzene ring substituents is 1. The number of rotatable bonds is 6. The van der Waals surface area contributed by atoms with Crippen LogP contribution in [0.25, 0.3) is 0 Å². The fourth-order valence-corrected chi connectivity index (χ4v) is 1.84. The summed E-state index contributed by atoms with van der Waals surface area (Å²) in [4.78, 5) is 10.4. The molecule has 0 aromatic heterocycles. The number of nitro groups is 1. The maximum Gasteiger partial charge on any atom is 0.310 e. The van der Waals surface area contributed by atoms with Crippen molar-refractivity contribution in [3.8, 4) is 5.75 Å². The molecule has 1 rings (SSSR count). The fourth-order valence-electron chi connectivity index (χ4n) is 1.84. The third-order valence-electron chi connectivity index (χ3n) is 3.12. The minimum atomic E-state index is -0.431. The minimum Gasteiger partial charge on any atom is -0.487 e. The Balaban J connectivity index is 3.10. The molecule has 0 aliphatic carbocycles. The zero-order valence-electron chi connectivity index (χ0n) is 11.1. The van der Waals surface area contributed by atoms with Gasteiger partial charge in [-0.15, -0.1) is 0 Å². The molecular weight excluding hydrogens is 232 g/mol. The van der Waals surface area contributed by atoms with Gasteiger partial charge in [0.2, 0.25) is 0 Å². The maximum atomic E-state index is 10.9. The first-order valence-corrected chi connectivity index (χ1v) is 6.17. The quantitative estimate of drug-likeness (QED) is 0.623. The predicted octanol–water partition coefficient (Wildman–Crippen LogP) is 2.83. The van der Waals surface area contributed by atoms with E-state index in [9.17, 15) is 10.1 Å². The average molecular weight is 252 g/mol. The molecule has 0 heterocycles. The monoisotopic (exact) mass is 252 g/mol. The van der Waals surface area contributed by atoms with E-state index in [4.69, 9.17) is 10.5 Å². The van der Waals surface area contributed by atoms with Crippen LogP contribution in [0.15, 0.2) is 18.2 Å². The van der Waals surface area contributed by atoms with E-state index in [1.165, 1.54) is 6.07 Å². The maximum absolute atomic E-state index is 10.9. The van der Waals surface area contributed by atoms with Crippen molar-refractivity contribution in [3.63, 3.8) is 0 Å². The summed E-state index contributed by atoms with van der Waals surface area (Å²) in [7, 11) is 0. The largest absolute Gasteiger partial charge is 0.487 e. The molecule has 2 unspecified atom stereocenters. The van der Waals surface area contributed by atoms with E-state index in [1.807, 2.05) is 13.8 Å². The van der Waals surface area contributed by atoms with Crippen molar-refractivity contribution in [2.24, 2.45) is 5.73 Å². The third-order valence-corrected chi connectivity index (χ3v) is 3.12. The molecule has 0 amide bonds. The summed E-state index contributed by atoms with van der Waals surface area (Å²) in [6.07, 6.45) is 0.863. The van der Waals surface area contributed by atoms with Gasteiger partial charge in [0, 0.05) is 12.1 Å². The molecule has 100 valence electrons. The van der Waals surface area contributed by atoms with Gasteiger partial charge in [0.25, 0.3) is 0 Å². The molecule has 0 saturated heterocycles. The molecule has 0 spiro atoms. The highest BCUT2D eigenvalue weighted by molar-refractivity contribution is 5.49.